The molecule has 0 bridgehead atoms. The normalized spacial score (nSPS) is 20.7. The van der Waals surface area contributed by atoms with Gasteiger partial charge in [-0.3, -0.25) is 4.79 Å². The molecule has 0 aliphatic heterocycles. The Bertz CT molecular complexity index is 504. The van der Waals surface area contributed by atoms with E-state index in [9.17, 15) is 9.90 Å². The van der Waals surface area contributed by atoms with Crippen molar-refractivity contribution in [2.24, 2.45) is 5.92 Å². The van der Waals surface area contributed by atoms with Gasteiger partial charge in [-0.15, -0.1) is 0 Å². The van der Waals surface area contributed by atoms with E-state index in [-0.39, 0.29) is 0 Å². The van der Waals surface area contributed by atoms with Gasteiger partial charge in [0.25, 0.3) is 0 Å². The van der Waals surface area contributed by atoms with Crippen LogP contribution in [0.2, 0.25) is 5.02 Å². The molecule has 0 spiro atoms. The van der Waals surface area contributed by atoms with Gasteiger partial charge < -0.3 is 9.84 Å². The largest absolute Gasteiger partial charge is 0.491 e. The van der Waals surface area contributed by atoms with Crippen LogP contribution < -0.4 is 4.74 Å². The van der Waals surface area contributed by atoms with Crippen molar-refractivity contribution >= 4 is 17.6 Å². The molecule has 102 valence electrons. The summed E-state index contributed by atoms with van der Waals surface area (Å²) in [7, 11) is 0. The fourth-order valence-electron chi connectivity index (χ4n) is 2.65. The number of hydrogen-bond acceptors (Lipinski definition) is 2. The molecule has 3 nitrogen and oxygen atoms in total. The van der Waals surface area contributed by atoms with Gasteiger partial charge in [-0.2, -0.15) is 0 Å². The number of para-hydroxylation sites is 1. The Morgan fingerprint density at radius 1 is 1.42 bits per heavy atom. The maximum Gasteiger partial charge on any atom is 0.314 e. The molecule has 1 N–H and O–H groups in total. The lowest BCUT2D eigenvalue weighted by Crippen LogP contribution is -2.42. The first-order valence-corrected chi connectivity index (χ1v) is 7.16. The third kappa shape index (κ3) is 2.20. The predicted octanol–water partition coefficient (Wildman–Crippen LogP) is 3.64. The van der Waals surface area contributed by atoms with Crippen molar-refractivity contribution < 1.29 is 14.6 Å². The van der Waals surface area contributed by atoms with Gasteiger partial charge in [-0.1, -0.05) is 30.2 Å². The van der Waals surface area contributed by atoms with E-state index in [1.807, 2.05) is 12.1 Å². The number of carboxylic acids is 1. The standard InChI is InChI=1S/C15H17ClO3/c16-12-4-1-3-11(13(12)19-9-10-5-6-10)15(14(17)18)7-2-8-15/h1,3-4,10H,2,5-9H2,(H,17,18). The number of benzene rings is 1. The summed E-state index contributed by atoms with van der Waals surface area (Å²) in [5.74, 6) is 0.432. The fourth-order valence-corrected chi connectivity index (χ4v) is 2.88. The smallest absolute Gasteiger partial charge is 0.314 e. The molecule has 0 aromatic heterocycles. The van der Waals surface area contributed by atoms with Crippen molar-refractivity contribution in [2.75, 3.05) is 6.61 Å². The third-order valence-electron chi connectivity index (χ3n) is 4.26. The van der Waals surface area contributed by atoms with Crippen molar-refractivity contribution in [1.29, 1.82) is 0 Å². The van der Waals surface area contributed by atoms with Gasteiger partial charge in [0.05, 0.1) is 17.0 Å². The summed E-state index contributed by atoms with van der Waals surface area (Å²) in [6, 6.07) is 5.42. The molecule has 2 saturated carbocycles. The van der Waals surface area contributed by atoms with Crippen LogP contribution in [0.3, 0.4) is 0 Å². The Morgan fingerprint density at radius 2 is 2.16 bits per heavy atom. The average molecular weight is 281 g/mol. The van der Waals surface area contributed by atoms with Crippen LogP contribution >= 0.6 is 11.6 Å². The highest BCUT2D eigenvalue weighted by Gasteiger charge is 2.48. The second-order valence-electron chi connectivity index (χ2n) is 5.61. The number of rotatable bonds is 5. The number of carbonyl (C=O) groups is 1. The Kier molecular flexibility index (Phi) is 3.17. The fraction of sp³-hybridized carbons (Fsp3) is 0.533. The molecule has 2 aliphatic carbocycles. The summed E-state index contributed by atoms with van der Waals surface area (Å²) in [5, 5.41) is 10.1. The third-order valence-corrected chi connectivity index (χ3v) is 4.56. The summed E-state index contributed by atoms with van der Waals surface area (Å²) in [6.45, 7) is 0.645. The molecule has 3 rings (SSSR count). The summed E-state index contributed by atoms with van der Waals surface area (Å²) in [6.07, 6.45) is 4.68. The maximum atomic E-state index is 11.6. The van der Waals surface area contributed by atoms with Crippen LogP contribution in [0, 0.1) is 5.92 Å². The van der Waals surface area contributed by atoms with Crippen molar-refractivity contribution in [2.45, 2.75) is 37.5 Å². The highest BCUT2D eigenvalue weighted by Crippen LogP contribution is 2.49. The molecular weight excluding hydrogens is 264 g/mol. The van der Waals surface area contributed by atoms with Crippen molar-refractivity contribution in [1.82, 2.24) is 0 Å². The first-order chi connectivity index (χ1) is 9.13. The Balaban J connectivity index is 1.94. The van der Waals surface area contributed by atoms with E-state index in [0.717, 1.165) is 12.0 Å². The minimum absolute atomic E-state index is 0.519. The molecule has 0 amide bonds. The first kappa shape index (κ1) is 12.8. The van der Waals surface area contributed by atoms with E-state index in [2.05, 4.69) is 0 Å². The molecule has 0 unspecified atom stereocenters. The molecule has 19 heavy (non-hydrogen) atoms. The maximum absolute atomic E-state index is 11.6. The molecule has 0 atom stereocenters. The van der Waals surface area contributed by atoms with E-state index in [0.29, 0.717) is 36.1 Å². The predicted molar refractivity (Wildman–Crippen MR) is 72.8 cm³/mol. The minimum Gasteiger partial charge on any atom is -0.491 e. The number of hydrogen-bond donors (Lipinski definition) is 1. The SMILES string of the molecule is O=C(O)C1(c2cccc(Cl)c2OCC2CC2)CCC1. The zero-order valence-electron chi connectivity index (χ0n) is 10.7. The van der Waals surface area contributed by atoms with Crippen LogP contribution in [0.5, 0.6) is 5.75 Å². The Hall–Kier alpha value is -1.22. The van der Waals surface area contributed by atoms with Gasteiger partial charge >= 0.3 is 5.97 Å². The van der Waals surface area contributed by atoms with Crippen LogP contribution in [0.4, 0.5) is 0 Å². The van der Waals surface area contributed by atoms with Gasteiger partial charge in [0.1, 0.15) is 5.75 Å². The van der Waals surface area contributed by atoms with Crippen molar-refractivity contribution in [3.05, 3.63) is 28.8 Å². The second kappa shape index (κ2) is 4.71. The van der Waals surface area contributed by atoms with Crippen LogP contribution in [-0.2, 0) is 10.2 Å². The number of aliphatic carboxylic acids is 1. The van der Waals surface area contributed by atoms with Crippen molar-refractivity contribution in [3.8, 4) is 5.75 Å². The first-order valence-electron chi connectivity index (χ1n) is 6.79. The van der Waals surface area contributed by atoms with E-state index in [1.165, 1.54) is 12.8 Å². The molecule has 2 fully saturated rings. The molecular formula is C15H17ClO3. The van der Waals surface area contributed by atoms with E-state index >= 15 is 0 Å². The van der Waals surface area contributed by atoms with Crippen LogP contribution in [0.25, 0.3) is 0 Å². The molecule has 1 aromatic rings. The summed E-state index contributed by atoms with van der Waals surface area (Å²) in [5.41, 5.74) is -0.0385. The highest BCUT2D eigenvalue weighted by atomic mass is 35.5. The van der Waals surface area contributed by atoms with Gasteiger partial charge in [-0.25, -0.2) is 0 Å². The lowest BCUT2D eigenvalue weighted by Gasteiger charge is -2.39. The van der Waals surface area contributed by atoms with Crippen LogP contribution in [0.1, 0.15) is 37.7 Å². The lowest BCUT2D eigenvalue weighted by atomic mass is 9.64. The molecule has 0 heterocycles. The monoisotopic (exact) mass is 280 g/mol. The number of halogens is 1. The minimum atomic E-state index is -0.788. The number of ether oxygens (including phenoxy) is 1. The van der Waals surface area contributed by atoms with E-state index in [4.69, 9.17) is 16.3 Å². The van der Waals surface area contributed by atoms with Gasteiger partial charge in [-0.05, 0) is 37.7 Å². The zero-order chi connectivity index (χ0) is 13.5. The quantitative estimate of drug-likeness (QED) is 0.896. The average Bonchev–Trinajstić information content (AvgIpc) is 3.10. The Labute approximate surface area is 117 Å². The molecule has 2 aliphatic rings. The molecule has 1 aromatic carbocycles. The summed E-state index contributed by atoms with van der Waals surface area (Å²) in [4.78, 5) is 11.6. The molecule has 4 heteroatoms. The zero-order valence-corrected chi connectivity index (χ0v) is 11.4. The lowest BCUT2D eigenvalue weighted by molar-refractivity contribution is -0.147. The van der Waals surface area contributed by atoms with Gasteiger partial charge in [0.2, 0.25) is 0 Å². The van der Waals surface area contributed by atoms with Gasteiger partial charge in [0, 0.05) is 5.56 Å². The summed E-state index contributed by atoms with van der Waals surface area (Å²) >= 11 is 6.21. The van der Waals surface area contributed by atoms with E-state index in [1.54, 1.807) is 6.07 Å². The van der Waals surface area contributed by atoms with Crippen LogP contribution in [0.15, 0.2) is 18.2 Å². The van der Waals surface area contributed by atoms with E-state index < -0.39 is 11.4 Å². The van der Waals surface area contributed by atoms with Crippen LogP contribution in [-0.4, -0.2) is 17.7 Å². The second-order valence-corrected chi connectivity index (χ2v) is 6.02. The highest BCUT2D eigenvalue weighted by molar-refractivity contribution is 6.32. The summed E-state index contributed by atoms with van der Waals surface area (Å²) < 4.78 is 5.83. The van der Waals surface area contributed by atoms with Crippen molar-refractivity contribution in [3.63, 3.8) is 0 Å². The molecule has 0 radical (unpaired) electrons. The topological polar surface area (TPSA) is 46.5 Å². The number of carboxylic acid groups (broad SMARTS) is 1. The molecule has 0 saturated heterocycles. The van der Waals surface area contributed by atoms with Gasteiger partial charge in [0.15, 0.2) is 0 Å². The Morgan fingerprint density at radius 3 is 2.68 bits per heavy atom.